The van der Waals surface area contributed by atoms with Gasteiger partial charge >= 0.3 is 12.3 Å². The minimum Gasteiger partial charge on any atom is -0.480 e. The van der Waals surface area contributed by atoms with E-state index in [1.165, 1.54) is 24.3 Å². The molecule has 1 aliphatic rings. The first-order chi connectivity index (χ1) is 9.74. The zero-order valence-corrected chi connectivity index (χ0v) is 10.9. The Hall–Kier alpha value is -1.80. The lowest BCUT2D eigenvalue weighted by molar-refractivity contribution is -0.274. The summed E-state index contributed by atoms with van der Waals surface area (Å²) in [7, 11) is 0. The van der Waals surface area contributed by atoms with E-state index >= 15 is 0 Å². The molecule has 21 heavy (non-hydrogen) atoms. The Kier molecular flexibility index (Phi) is 4.38. The predicted octanol–water partition coefficient (Wildman–Crippen LogP) is 1.60. The Morgan fingerprint density at radius 1 is 1.33 bits per heavy atom. The van der Waals surface area contributed by atoms with E-state index in [1.807, 2.05) is 0 Å². The number of halogens is 3. The van der Waals surface area contributed by atoms with Crippen molar-refractivity contribution < 1.29 is 32.9 Å². The molecule has 116 valence electrons. The van der Waals surface area contributed by atoms with E-state index in [9.17, 15) is 23.1 Å². The molecule has 1 aliphatic heterocycles. The molecule has 0 aliphatic carbocycles. The molecule has 2 unspecified atom stereocenters. The van der Waals surface area contributed by atoms with Crippen molar-refractivity contribution >= 4 is 5.97 Å². The van der Waals surface area contributed by atoms with Crippen LogP contribution in [-0.2, 0) is 11.3 Å². The monoisotopic (exact) mass is 305 g/mol. The standard InChI is InChI=1S/C13H14F3NO4/c14-13(15,16)21-10-3-1-8(2-4-10)6-17-7-9(18)5-11(17)12(19)20/h1-4,9,11,18H,5-7H2,(H,19,20). The van der Waals surface area contributed by atoms with E-state index < -0.39 is 24.5 Å². The fraction of sp³-hybridized carbons (Fsp3) is 0.462. The van der Waals surface area contributed by atoms with Crippen molar-refractivity contribution in [3.8, 4) is 5.75 Å². The minimum atomic E-state index is -4.74. The third kappa shape index (κ3) is 4.33. The third-order valence-electron chi connectivity index (χ3n) is 3.21. The van der Waals surface area contributed by atoms with Gasteiger partial charge in [-0.25, -0.2) is 0 Å². The van der Waals surface area contributed by atoms with Gasteiger partial charge in [0.05, 0.1) is 6.10 Å². The number of ether oxygens (including phenoxy) is 1. The van der Waals surface area contributed by atoms with Crippen LogP contribution in [0.15, 0.2) is 24.3 Å². The smallest absolute Gasteiger partial charge is 0.480 e. The Bertz CT molecular complexity index is 503. The average molecular weight is 305 g/mol. The van der Waals surface area contributed by atoms with Crippen LogP contribution in [-0.4, -0.2) is 46.1 Å². The highest BCUT2D eigenvalue weighted by atomic mass is 19.4. The zero-order chi connectivity index (χ0) is 15.6. The number of nitrogens with zero attached hydrogens (tertiary/aromatic N) is 1. The van der Waals surface area contributed by atoms with Gasteiger partial charge in [-0.05, 0) is 17.7 Å². The van der Waals surface area contributed by atoms with Gasteiger partial charge in [-0.1, -0.05) is 12.1 Å². The van der Waals surface area contributed by atoms with Gasteiger partial charge in [-0.2, -0.15) is 0 Å². The number of aliphatic hydroxyl groups is 1. The summed E-state index contributed by atoms with van der Waals surface area (Å²) in [6, 6.07) is 4.43. The van der Waals surface area contributed by atoms with E-state index in [-0.39, 0.29) is 25.3 Å². The summed E-state index contributed by atoms with van der Waals surface area (Å²) >= 11 is 0. The van der Waals surface area contributed by atoms with Gasteiger partial charge < -0.3 is 14.9 Å². The Balaban J connectivity index is 2.01. The Labute approximate surface area is 118 Å². The maximum absolute atomic E-state index is 12.0. The number of β-amino-alcohol motifs (C(OH)–C–C–N with tert-alkyl or cyclic N) is 1. The third-order valence-corrected chi connectivity index (χ3v) is 3.21. The number of carboxylic acid groups (broad SMARTS) is 1. The number of carboxylic acids is 1. The van der Waals surface area contributed by atoms with Crippen molar-refractivity contribution in [2.24, 2.45) is 0 Å². The highest BCUT2D eigenvalue weighted by Crippen LogP contribution is 2.25. The van der Waals surface area contributed by atoms with Crippen molar-refractivity contribution in [2.45, 2.75) is 31.5 Å². The van der Waals surface area contributed by atoms with Gasteiger partial charge in [0.25, 0.3) is 0 Å². The number of aliphatic carboxylic acids is 1. The number of benzene rings is 1. The van der Waals surface area contributed by atoms with Gasteiger partial charge in [-0.15, -0.1) is 13.2 Å². The number of aliphatic hydroxyl groups excluding tert-OH is 1. The lowest BCUT2D eigenvalue weighted by Crippen LogP contribution is -2.35. The normalized spacial score (nSPS) is 23.2. The molecule has 0 saturated carbocycles. The van der Waals surface area contributed by atoms with E-state index in [0.29, 0.717) is 5.56 Å². The lowest BCUT2D eigenvalue weighted by Gasteiger charge is -2.20. The van der Waals surface area contributed by atoms with Crippen LogP contribution in [0.4, 0.5) is 13.2 Å². The molecule has 2 N–H and O–H groups in total. The summed E-state index contributed by atoms with van der Waals surface area (Å²) in [5, 5.41) is 18.6. The van der Waals surface area contributed by atoms with Gasteiger partial charge in [0.2, 0.25) is 0 Å². The number of hydrogen-bond donors (Lipinski definition) is 2. The molecule has 1 aromatic rings. The van der Waals surface area contributed by atoms with Crippen molar-refractivity contribution in [1.29, 1.82) is 0 Å². The summed E-state index contributed by atoms with van der Waals surface area (Å²) in [6.07, 6.45) is -5.31. The molecular formula is C13H14F3NO4. The first kappa shape index (κ1) is 15.6. The SMILES string of the molecule is O=C(O)C1CC(O)CN1Cc1ccc(OC(F)(F)F)cc1. The summed E-state index contributed by atoms with van der Waals surface area (Å²) in [4.78, 5) is 12.6. The summed E-state index contributed by atoms with van der Waals surface area (Å²) in [5.41, 5.74) is 0.643. The largest absolute Gasteiger partial charge is 0.573 e. The van der Waals surface area contributed by atoms with Crippen LogP contribution < -0.4 is 4.74 Å². The van der Waals surface area contributed by atoms with Gasteiger partial charge in [0.1, 0.15) is 11.8 Å². The molecule has 1 aromatic carbocycles. The number of likely N-dealkylation sites (tertiary alicyclic amines) is 1. The van der Waals surface area contributed by atoms with E-state index in [0.717, 1.165) is 0 Å². The van der Waals surface area contributed by atoms with Crippen LogP contribution in [0.1, 0.15) is 12.0 Å². The van der Waals surface area contributed by atoms with Crippen LogP contribution in [0.2, 0.25) is 0 Å². The Morgan fingerprint density at radius 3 is 2.48 bits per heavy atom. The van der Waals surface area contributed by atoms with Crippen LogP contribution in [0.25, 0.3) is 0 Å². The Morgan fingerprint density at radius 2 is 1.95 bits per heavy atom. The van der Waals surface area contributed by atoms with Crippen molar-refractivity contribution in [1.82, 2.24) is 4.90 Å². The first-order valence-corrected chi connectivity index (χ1v) is 6.24. The maximum Gasteiger partial charge on any atom is 0.573 e. The number of carbonyl (C=O) groups is 1. The highest BCUT2D eigenvalue weighted by molar-refractivity contribution is 5.74. The highest BCUT2D eigenvalue weighted by Gasteiger charge is 2.35. The molecule has 1 saturated heterocycles. The first-order valence-electron chi connectivity index (χ1n) is 6.24. The van der Waals surface area contributed by atoms with Gasteiger partial charge in [0.15, 0.2) is 0 Å². The summed E-state index contributed by atoms with van der Waals surface area (Å²) < 4.78 is 39.8. The topological polar surface area (TPSA) is 70.0 Å². The molecule has 0 amide bonds. The molecular weight excluding hydrogens is 291 g/mol. The summed E-state index contributed by atoms with van der Waals surface area (Å²) in [6.45, 7) is 0.456. The molecule has 1 fully saturated rings. The lowest BCUT2D eigenvalue weighted by atomic mass is 10.1. The maximum atomic E-state index is 12.0. The second kappa shape index (κ2) is 5.90. The van der Waals surface area contributed by atoms with Crippen molar-refractivity contribution in [3.63, 3.8) is 0 Å². The molecule has 0 bridgehead atoms. The quantitative estimate of drug-likeness (QED) is 0.884. The summed E-state index contributed by atoms with van der Waals surface area (Å²) in [5.74, 6) is -1.36. The van der Waals surface area contributed by atoms with Crippen molar-refractivity contribution in [2.75, 3.05) is 6.54 Å². The van der Waals surface area contributed by atoms with E-state index in [1.54, 1.807) is 4.90 Å². The molecule has 2 atom stereocenters. The zero-order valence-electron chi connectivity index (χ0n) is 10.9. The number of hydrogen-bond acceptors (Lipinski definition) is 4. The fourth-order valence-electron chi connectivity index (χ4n) is 2.34. The molecule has 2 rings (SSSR count). The van der Waals surface area contributed by atoms with Crippen LogP contribution in [0.5, 0.6) is 5.75 Å². The second-order valence-electron chi connectivity index (χ2n) is 4.86. The molecule has 5 nitrogen and oxygen atoms in total. The van der Waals surface area contributed by atoms with Crippen LogP contribution in [0, 0.1) is 0 Å². The predicted molar refractivity (Wildman–Crippen MR) is 65.6 cm³/mol. The molecule has 0 aromatic heterocycles. The minimum absolute atomic E-state index is 0.143. The number of alkyl halides is 3. The molecule has 0 spiro atoms. The second-order valence-corrected chi connectivity index (χ2v) is 4.86. The van der Waals surface area contributed by atoms with Gasteiger partial charge in [0, 0.05) is 19.5 Å². The van der Waals surface area contributed by atoms with Crippen LogP contribution >= 0.6 is 0 Å². The number of rotatable bonds is 4. The van der Waals surface area contributed by atoms with Crippen molar-refractivity contribution in [3.05, 3.63) is 29.8 Å². The molecule has 1 heterocycles. The van der Waals surface area contributed by atoms with E-state index in [2.05, 4.69) is 4.74 Å². The molecule has 0 radical (unpaired) electrons. The molecule has 8 heteroatoms. The van der Waals surface area contributed by atoms with E-state index in [4.69, 9.17) is 5.11 Å². The van der Waals surface area contributed by atoms with Gasteiger partial charge in [-0.3, -0.25) is 9.69 Å². The average Bonchev–Trinajstić information content (AvgIpc) is 2.71. The van der Waals surface area contributed by atoms with Crippen LogP contribution in [0.3, 0.4) is 0 Å². The fourth-order valence-corrected chi connectivity index (χ4v) is 2.34.